The first-order chi connectivity index (χ1) is 18.5. The Labute approximate surface area is 238 Å². The summed E-state index contributed by atoms with van der Waals surface area (Å²) in [5, 5.41) is 0. The normalized spacial score (nSPS) is 12.0. The predicted molar refractivity (Wildman–Crippen MR) is 165 cm³/mol. The largest absolute Gasteiger partial charge is 0.465 e. The molecule has 0 saturated carbocycles. The van der Waals surface area contributed by atoms with Gasteiger partial charge in [0.05, 0.1) is 13.0 Å². The summed E-state index contributed by atoms with van der Waals surface area (Å²) in [6.07, 6.45) is 30.3. The Kier molecular flexibility index (Phi) is 28.1. The molecular weight excluding hydrogens is 470 g/mol. The number of esters is 1. The topological polar surface area (TPSA) is 46.6 Å². The first kappa shape index (κ1) is 36.9. The van der Waals surface area contributed by atoms with Gasteiger partial charge in [0.1, 0.15) is 0 Å². The predicted octanol–water partition coefficient (Wildman–Crippen LogP) is 10.4. The summed E-state index contributed by atoms with van der Waals surface area (Å²) in [6.45, 7) is 7.79. The van der Waals surface area contributed by atoms with E-state index >= 15 is 0 Å². The van der Waals surface area contributed by atoms with Gasteiger partial charge in [0.25, 0.3) is 0 Å². The highest BCUT2D eigenvalue weighted by atomic mass is 16.5. The van der Waals surface area contributed by atoms with Crippen molar-refractivity contribution in [3.63, 3.8) is 0 Å². The summed E-state index contributed by atoms with van der Waals surface area (Å²) in [5.74, 6) is 0.494. The number of unbranched alkanes of at least 4 members (excludes halogenated alkanes) is 18. The van der Waals surface area contributed by atoms with Gasteiger partial charge in [0.15, 0.2) is 0 Å². The molecule has 226 valence electrons. The standard InChI is InChI=1S/C34H67NO3/c1-5-8-11-14-16-17-18-19-20-22-25-28-33(36)35(4)30-29-34(37)38-31-32(26-23-13-10-7-3)27-24-21-15-12-9-6-2/h32H,5-31H2,1-4H3. The Hall–Kier alpha value is -1.06. The number of amides is 1. The maximum Gasteiger partial charge on any atom is 0.307 e. The molecule has 0 aliphatic heterocycles. The number of ether oxygens (including phenoxy) is 1. The SMILES string of the molecule is CCCCCCCCCCCCCC(=O)N(C)CCC(=O)OCC(CCCCCC)CCCCCCCC. The average molecular weight is 538 g/mol. The minimum Gasteiger partial charge on any atom is -0.465 e. The Morgan fingerprint density at radius 2 is 0.947 bits per heavy atom. The second kappa shape index (κ2) is 28.9. The van der Waals surface area contributed by atoms with Crippen LogP contribution in [-0.4, -0.2) is 37.0 Å². The number of hydrogen-bond donors (Lipinski definition) is 0. The van der Waals surface area contributed by atoms with Gasteiger partial charge in [0.2, 0.25) is 5.91 Å². The lowest BCUT2D eigenvalue weighted by Crippen LogP contribution is -2.29. The molecule has 0 spiro atoms. The van der Waals surface area contributed by atoms with Crippen LogP contribution in [0.2, 0.25) is 0 Å². The second-order valence-electron chi connectivity index (χ2n) is 11.8. The molecule has 0 fully saturated rings. The number of carbonyl (C=O) groups excluding carboxylic acids is 2. The highest BCUT2D eigenvalue weighted by Gasteiger charge is 2.14. The third kappa shape index (κ3) is 25.2. The third-order valence-electron chi connectivity index (χ3n) is 7.98. The summed E-state index contributed by atoms with van der Waals surface area (Å²) in [6, 6.07) is 0. The molecule has 4 heteroatoms. The van der Waals surface area contributed by atoms with E-state index in [-0.39, 0.29) is 11.9 Å². The van der Waals surface area contributed by atoms with Crippen LogP contribution in [0, 0.1) is 5.92 Å². The van der Waals surface area contributed by atoms with Crippen LogP contribution in [0.3, 0.4) is 0 Å². The van der Waals surface area contributed by atoms with Crippen molar-refractivity contribution in [3.8, 4) is 0 Å². The number of nitrogens with zero attached hydrogens (tertiary/aromatic N) is 1. The summed E-state index contributed by atoms with van der Waals surface area (Å²) in [5.41, 5.74) is 0. The minimum absolute atomic E-state index is 0.152. The molecular formula is C34H67NO3. The van der Waals surface area contributed by atoms with Crippen LogP contribution in [0.5, 0.6) is 0 Å². The Morgan fingerprint density at radius 3 is 1.42 bits per heavy atom. The van der Waals surface area contributed by atoms with Gasteiger partial charge in [-0.1, -0.05) is 149 Å². The minimum atomic E-state index is -0.152. The molecule has 0 saturated heterocycles. The second-order valence-corrected chi connectivity index (χ2v) is 11.8. The van der Waals surface area contributed by atoms with Crippen molar-refractivity contribution in [1.29, 1.82) is 0 Å². The highest BCUT2D eigenvalue weighted by molar-refractivity contribution is 5.77. The Bertz CT molecular complexity index is 522. The summed E-state index contributed by atoms with van der Waals surface area (Å²) in [7, 11) is 1.82. The maximum absolute atomic E-state index is 12.4. The first-order valence-corrected chi connectivity index (χ1v) is 16.9. The van der Waals surface area contributed by atoms with Gasteiger partial charge in [-0.15, -0.1) is 0 Å². The molecule has 0 radical (unpaired) electrons. The van der Waals surface area contributed by atoms with Gasteiger partial charge in [-0.3, -0.25) is 9.59 Å². The zero-order valence-corrected chi connectivity index (χ0v) is 26.3. The van der Waals surface area contributed by atoms with E-state index in [0.29, 0.717) is 31.9 Å². The number of rotatable bonds is 29. The fourth-order valence-corrected chi connectivity index (χ4v) is 5.18. The molecule has 0 N–H and O–H groups in total. The fourth-order valence-electron chi connectivity index (χ4n) is 5.18. The van der Waals surface area contributed by atoms with E-state index in [2.05, 4.69) is 20.8 Å². The lowest BCUT2D eigenvalue weighted by atomic mass is 9.95. The lowest BCUT2D eigenvalue weighted by Gasteiger charge is -2.19. The molecule has 0 aliphatic rings. The van der Waals surface area contributed by atoms with E-state index in [1.54, 1.807) is 4.90 Å². The molecule has 0 aromatic heterocycles. The zero-order chi connectivity index (χ0) is 28.1. The van der Waals surface area contributed by atoms with Crippen molar-refractivity contribution in [2.75, 3.05) is 20.2 Å². The van der Waals surface area contributed by atoms with E-state index in [1.165, 1.54) is 135 Å². The Balaban J connectivity index is 3.97. The molecule has 0 bridgehead atoms. The number of hydrogen-bond acceptors (Lipinski definition) is 3. The van der Waals surface area contributed by atoms with Gasteiger partial charge < -0.3 is 9.64 Å². The quantitative estimate of drug-likeness (QED) is 0.0704. The molecule has 1 atom stereocenters. The molecule has 0 aromatic rings. The Morgan fingerprint density at radius 1 is 0.553 bits per heavy atom. The van der Waals surface area contributed by atoms with Crippen LogP contribution in [0.1, 0.15) is 181 Å². The van der Waals surface area contributed by atoms with Crippen LogP contribution in [-0.2, 0) is 14.3 Å². The number of carbonyl (C=O) groups is 2. The van der Waals surface area contributed by atoms with Crippen molar-refractivity contribution >= 4 is 11.9 Å². The van der Waals surface area contributed by atoms with Crippen molar-refractivity contribution in [1.82, 2.24) is 4.90 Å². The molecule has 0 aromatic carbocycles. The van der Waals surface area contributed by atoms with Crippen LogP contribution in [0.25, 0.3) is 0 Å². The van der Waals surface area contributed by atoms with E-state index in [0.717, 1.165) is 12.8 Å². The smallest absolute Gasteiger partial charge is 0.307 e. The monoisotopic (exact) mass is 538 g/mol. The third-order valence-corrected chi connectivity index (χ3v) is 7.98. The summed E-state index contributed by atoms with van der Waals surface area (Å²) < 4.78 is 5.68. The molecule has 0 rings (SSSR count). The lowest BCUT2D eigenvalue weighted by molar-refractivity contribution is -0.146. The zero-order valence-electron chi connectivity index (χ0n) is 26.3. The van der Waals surface area contributed by atoms with Gasteiger partial charge in [-0.2, -0.15) is 0 Å². The highest BCUT2D eigenvalue weighted by Crippen LogP contribution is 2.20. The maximum atomic E-state index is 12.4. The first-order valence-electron chi connectivity index (χ1n) is 16.9. The van der Waals surface area contributed by atoms with Gasteiger partial charge >= 0.3 is 5.97 Å². The van der Waals surface area contributed by atoms with Gasteiger partial charge in [-0.25, -0.2) is 0 Å². The summed E-state index contributed by atoms with van der Waals surface area (Å²) >= 11 is 0. The van der Waals surface area contributed by atoms with Crippen LogP contribution >= 0.6 is 0 Å². The van der Waals surface area contributed by atoms with Crippen LogP contribution < -0.4 is 0 Å². The van der Waals surface area contributed by atoms with Crippen molar-refractivity contribution in [2.45, 2.75) is 181 Å². The molecule has 0 heterocycles. The molecule has 1 amide bonds. The summed E-state index contributed by atoms with van der Waals surface area (Å²) in [4.78, 5) is 26.6. The molecule has 4 nitrogen and oxygen atoms in total. The van der Waals surface area contributed by atoms with E-state index in [1.807, 2.05) is 7.05 Å². The molecule has 0 aliphatic carbocycles. The van der Waals surface area contributed by atoms with Gasteiger partial charge in [-0.05, 0) is 25.2 Å². The molecule has 1 unspecified atom stereocenters. The van der Waals surface area contributed by atoms with Gasteiger partial charge in [0, 0.05) is 20.0 Å². The van der Waals surface area contributed by atoms with Crippen LogP contribution in [0.15, 0.2) is 0 Å². The van der Waals surface area contributed by atoms with Crippen molar-refractivity contribution < 1.29 is 14.3 Å². The van der Waals surface area contributed by atoms with E-state index < -0.39 is 0 Å². The molecule has 38 heavy (non-hydrogen) atoms. The van der Waals surface area contributed by atoms with E-state index in [4.69, 9.17) is 4.74 Å². The van der Waals surface area contributed by atoms with Crippen molar-refractivity contribution in [2.24, 2.45) is 5.92 Å². The van der Waals surface area contributed by atoms with E-state index in [9.17, 15) is 9.59 Å². The average Bonchev–Trinajstić information content (AvgIpc) is 2.92. The fraction of sp³-hybridized carbons (Fsp3) is 0.941. The van der Waals surface area contributed by atoms with Crippen molar-refractivity contribution in [3.05, 3.63) is 0 Å². The van der Waals surface area contributed by atoms with Crippen LogP contribution in [0.4, 0.5) is 0 Å².